The highest BCUT2D eigenvalue weighted by molar-refractivity contribution is 7.09. The van der Waals surface area contributed by atoms with E-state index in [2.05, 4.69) is 73.1 Å². The zero-order valence-electron chi connectivity index (χ0n) is 59.2. The van der Waals surface area contributed by atoms with Crippen molar-refractivity contribution in [3.63, 3.8) is 0 Å². The number of aryl methyl sites for hydroxylation is 6. The molecular formula is C79H88N10O14S. The molecule has 0 bridgehead atoms. The molecule has 5 aliphatic rings. The number of rotatable bonds is 16. The number of nitrogens with zero attached hydrogens (tertiary/aromatic N) is 5. The largest absolute Gasteiger partial charge is 0.508 e. The molecule has 5 amide bonds. The summed E-state index contributed by atoms with van der Waals surface area (Å²) in [6.45, 7) is 10.6. The highest BCUT2D eigenvalue weighted by atomic mass is 32.1. The van der Waals surface area contributed by atoms with Crippen LogP contribution in [0.5, 0.6) is 11.5 Å². The predicted octanol–water partition coefficient (Wildman–Crippen LogP) is 12.7. The van der Waals surface area contributed by atoms with Crippen molar-refractivity contribution in [3.8, 4) is 11.5 Å². The van der Waals surface area contributed by atoms with Gasteiger partial charge in [0.2, 0.25) is 17.3 Å². The second-order valence-electron chi connectivity index (χ2n) is 27.0. The average Bonchev–Trinajstić information content (AvgIpc) is 1.69. The van der Waals surface area contributed by atoms with Gasteiger partial charge in [0.05, 0.1) is 36.3 Å². The molecule has 3 atom stereocenters. The highest BCUT2D eigenvalue weighted by Crippen LogP contribution is 2.32. The summed E-state index contributed by atoms with van der Waals surface area (Å²) >= 11 is 1.63. The molecule has 5 aliphatic carbocycles. The van der Waals surface area contributed by atoms with Crippen molar-refractivity contribution in [2.45, 2.75) is 170 Å². The Morgan fingerprint density at radius 3 is 1.48 bits per heavy atom. The quantitative estimate of drug-likeness (QED) is 0.0442. The Kier molecular flexibility index (Phi) is 25.5. The lowest BCUT2D eigenvalue weighted by Gasteiger charge is -2.16. The van der Waals surface area contributed by atoms with Gasteiger partial charge < -0.3 is 64.1 Å². The van der Waals surface area contributed by atoms with Crippen molar-refractivity contribution in [1.82, 2.24) is 52.4 Å². The Balaban J connectivity index is 0.000000130. The van der Waals surface area contributed by atoms with Crippen LogP contribution in [0.3, 0.4) is 0 Å². The number of phenolic OH excluding ortho intramolecular Hbond substituents is 2. The van der Waals surface area contributed by atoms with E-state index in [0.717, 1.165) is 187 Å². The molecule has 3 unspecified atom stereocenters. The summed E-state index contributed by atoms with van der Waals surface area (Å²) < 4.78 is 31.0. The van der Waals surface area contributed by atoms with E-state index >= 15 is 0 Å². The van der Waals surface area contributed by atoms with Gasteiger partial charge in [-0.3, -0.25) is 24.0 Å². The van der Waals surface area contributed by atoms with Crippen LogP contribution in [0.15, 0.2) is 137 Å². The molecule has 24 nitrogen and oxygen atoms in total. The monoisotopic (exact) mass is 1430 g/mol. The molecule has 25 heteroatoms. The van der Waals surface area contributed by atoms with E-state index in [9.17, 15) is 39.0 Å². The summed E-state index contributed by atoms with van der Waals surface area (Å²) in [6, 6.07) is 32.7. The van der Waals surface area contributed by atoms with Crippen molar-refractivity contribution in [2.24, 2.45) is 17.8 Å². The van der Waals surface area contributed by atoms with Gasteiger partial charge >= 0.3 is 5.97 Å². The number of hydrogen-bond donors (Lipinski definition) is 7. The number of nitrogens with one attached hydrogen (secondary N) is 5. The van der Waals surface area contributed by atoms with Crippen LogP contribution in [0, 0.1) is 24.7 Å². The van der Waals surface area contributed by atoms with Gasteiger partial charge in [0.25, 0.3) is 29.5 Å². The summed E-state index contributed by atoms with van der Waals surface area (Å²) in [4.78, 5) is 74.1. The fraction of sp³-hybridized carbons (Fsp3) is 0.380. The third-order valence-electron chi connectivity index (χ3n) is 19.1. The zero-order valence-corrected chi connectivity index (χ0v) is 60.0. The number of phenols is 2. The third kappa shape index (κ3) is 19.4. The summed E-state index contributed by atoms with van der Waals surface area (Å²) in [5.41, 5.74) is 13.5. The van der Waals surface area contributed by atoms with Crippen molar-refractivity contribution < 1.29 is 66.3 Å². The second-order valence-corrected chi connectivity index (χ2v) is 28.1. The molecule has 544 valence electrons. The average molecular weight is 1430 g/mol. The molecule has 7 N–H and O–H groups in total. The van der Waals surface area contributed by atoms with Crippen LogP contribution < -0.4 is 26.6 Å². The van der Waals surface area contributed by atoms with E-state index < -0.39 is 5.97 Å². The standard InChI is InChI=1S/C17H18N2O4.C17H20N2O2.C16H18N2O3.C15H16N2O3.C14H16N2O2S/c1-22-17(21)12-7-3-2-6-11(12)10-18-16(20)15-13-8-4-5-9-14(13)23-19-15;1-11-7-8-15-14(9-11)16(21-19-15)17(20)18-10-13-6-4-3-5-12(13)2;1-10-5-6-14-13(7-10)15(21-18-14)16(20)17-9-11-3-2-4-12(19)8-11;18-11-5-3-4-10(8-11)9-16-15(19)14-12-6-1-2-7-13(12)17-20-14;1-9-4-5-12-11(7-9)13(16-18-12)14(17)15-8-10-3-2-6-19-10/h2-3,6-7H,4-5,8-10H2,1H3,(H,18,20);3-6,11H,7-10H2,1-2H3,(H,18,20);2-4,8,10,19H,5-7,9H2,1H3,(H,17,20);3-5,8,18H,1-2,6-7,9H2,(H,16,19);2-3,6,9H,4-5,7-8H2,1H3,(H,15,17). The molecule has 0 saturated heterocycles. The predicted molar refractivity (Wildman–Crippen MR) is 385 cm³/mol. The summed E-state index contributed by atoms with van der Waals surface area (Å²) in [5.74, 6) is 3.37. The van der Waals surface area contributed by atoms with Crippen molar-refractivity contribution in [2.75, 3.05) is 7.11 Å². The number of amides is 5. The highest BCUT2D eigenvalue weighted by Gasteiger charge is 2.31. The molecule has 15 rings (SSSR count). The number of hydrogen-bond acceptors (Lipinski definition) is 20. The minimum absolute atomic E-state index is 0.132. The first kappa shape index (κ1) is 74.2. The maximum Gasteiger partial charge on any atom is 0.338 e. The first-order valence-corrected chi connectivity index (χ1v) is 36.4. The number of carbonyl (C=O) groups excluding carboxylic acids is 6. The number of thiophene rings is 1. The maximum absolute atomic E-state index is 12.4. The van der Waals surface area contributed by atoms with Crippen LogP contribution in [0.25, 0.3) is 0 Å². The fourth-order valence-electron chi connectivity index (χ4n) is 13.2. The van der Waals surface area contributed by atoms with Gasteiger partial charge in [0.1, 0.15) is 23.0 Å². The fourth-order valence-corrected chi connectivity index (χ4v) is 13.9. The number of benzene rings is 4. The SMILES string of the molecule is CC1CCc2noc(C(=O)NCc3cccc(O)c3)c2C1.CC1CCc2onc(C(=O)NCc3cccs3)c2C1.COC(=O)c1ccccc1CNC(=O)c1noc2c1CCCC2.Cc1ccccc1CNC(=O)c1onc2c1CC(C)CC2.O=C(NCc1cccc(O)c1)c1onc2c1CCCC2. The van der Waals surface area contributed by atoms with Gasteiger partial charge in [-0.25, -0.2) is 4.79 Å². The van der Waals surface area contributed by atoms with Gasteiger partial charge in [-0.2, -0.15) is 0 Å². The van der Waals surface area contributed by atoms with E-state index in [4.69, 9.17) is 27.4 Å². The number of fused-ring (bicyclic) bond motifs is 5. The maximum atomic E-state index is 12.4. The minimum Gasteiger partial charge on any atom is -0.508 e. The lowest BCUT2D eigenvalue weighted by molar-refractivity contribution is 0.0597. The molecule has 10 aromatic rings. The first-order valence-electron chi connectivity index (χ1n) is 35.5. The summed E-state index contributed by atoms with van der Waals surface area (Å²) in [7, 11) is 1.33. The van der Waals surface area contributed by atoms with E-state index in [1.165, 1.54) is 12.7 Å². The summed E-state index contributed by atoms with van der Waals surface area (Å²) in [5, 5.41) is 54.9. The summed E-state index contributed by atoms with van der Waals surface area (Å²) in [6.07, 6.45) is 16.3. The van der Waals surface area contributed by atoms with E-state index in [-0.39, 0.29) is 47.6 Å². The van der Waals surface area contributed by atoms with E-state index in [1.807, 2.05) is 66.9 Å². The molecule has 0 radical (unpaired) electrons. The first-order chi connectivity index (χ1) is 50.5. The van der Waals surface area contributed by atoms with Crippen LogP contribution in [0.2, 0.25) is 0 Å². The van der Waals surface area contributed by atoms with Crippen molar-refractivity contribution in [3.05, 3.63) is 238 Å². The number of aromatic hydroxyl groups is 2. The van der Waals surface area contributed by atoms with Crippen LogP contribution in [0.1, 0.15) is 218 Å². The molecule has 0 fully saturated rings. The minimum atomic E-state index is -0.423. The van der Waals surface area contributed by atoms with Gasteiger partial charge in [0.15, 0.2) is 11.4 Å². The second kappa shape index (κ2) is 35.8. The van der Waals surface area contributed by atoms with E-state index in [1.54, 1.807) is 65.9 Å². The Hall–Kier alpha value is -11.0. The molecule has 0 spiro atoms. The number of ether oxygens (including phenoxy) is 1. The van der Waals surface area contributed by atoms with Crippen molar-refractivity contribution in [1.29, 1.82) is 0 Å². The van der Waals surface area contributed by atoms with Gasteiger partial charge in [-0.05, 0) is 191 Å². The van der Waals surface area contributed by atoms with Crippen LogP contribution in [0.4, 0.5) is 0 Å². The van der Waals surface area contributed by atoms with Gasteiger partial charge in [-0.1, -0.05) is 119 Å². The topological polar surface area (TPSA) is 342 Å². The molecule has 0 aliphatic heterocycles. The van der Waals surface area contributed by atoms with Crippen LogP contribution >= 0.6 is 11.3 Å². The molecule has 4 aromatic carbocycles. The Bertz CT molecular complexity index is 4600. The molecule has 6 heterocycles. The number of carbonyl (C=O) groups is 6. The molecule has 6 aromatic heterocycles. The van der Waals surface area contributed by atoms with Gasteiger partial charge in [-0.15, -0.1) is 11.3 Å². The zero-order chi connectivity index (χ0) is 73.1. The van der Waals surface area contributed by atoms with Crippen molar-refractivity contribution >= 4 is 46.8 Å². The van der Waals surface area contributed by atoms with Crippen LogP contribution in [-0.2, 0) is 102 Å². The Labute approximate surface area is 606 Å². The molecule has 104 heavy (non-hydrogen) atoms. The van der Waals surface area contributed by atoms with E-state index in [0.29, 0.717) is 83.7 Å². The molecular weight excluding hydrogens is 1340 g/mol. The lowest BCUT2D eigenvalue weighted by Crippen LogP contribution is -2.25. The Morgan fingerprint density at radius 1 is 0.452 bits per heavy atom. The number of methoxy groups -OCH3 is 1. The van der Waals surface area contributed by atoms with Gasteiger partial charge in [0, 0.05) is 71.7 Å². The lowest BCUT2D eigenvalue weighted by atomic mass is 9.88. The number of aromatic nitrogens is 5. The molecule has 0 saturated carbocycles. The normalized spacial score (nSPS) is 15.9. The van der Waals surface area contributed by atoms with Crippen LogP contribution in [-0.4, -0.2) is 78.6 Å². The third-order valence-corrected chi connectivity index (χ3v) is 20.0. The Morgan fingerprint density at radius 2 is 0.913 bits per heavy atom. The number of esters is 1. The smallest absolute Gasteiger partial charge is 0.338 e.